The molecule has 0 radical (unpaired) electrons. The molecule has 0 saturated heterocycles. The minimum Gasteiger partial charge on any atom is -0.506 e. The quantitative estimate of drug-likeness (QED) is 0.0484. The number of aromatic amines is 1. The molecule has 15 heteroatoms. The van der Waals surface area contributed by atoms with Crippen molar-refractivity contribution in [2.45, 2.75) is 114 Å². The summed E-state index contributed by atoms with van der Waals surface area (Å²) < 4.78 is 21.0. The monoisotopic (exact) mass is 886 g/mol. The average Bonchev–Trinajstić information content (AvgIpc) is 4.01. The van der Waals surface area contributed by atoms with Crippen LogP contribution in [0.25, 0.3) is 22.0 Å². The molecule has 61 heavy (non-hydrogen) atoms. The van der Waals surface area contributed by atoms with Crippen molar-refractivity contribution in [3.8, 4) is 5.75 Å². The van der Waals surface area contributed by atoms with Gasteiger partial charge in [0.1, 0.15) is 5.75 Å². The number of ether oxygens (including phenoxy) is 1. The second kappa shape index (κ2) is 18.6. The molecular formula is C46H58N4O8S2Si. The number of aryl methyl sites for hydroxylation is 1. The number of phenols is 1. The summed E-state index contributed by atoms with van der Waals surface area (Å²) >= 11 is 2.83. The highest BCUT2D eigenvalue weighted by Crippen LogP contribution is 2.43. The molecular weight excluding hydrogens is 829 g/mol. The number of carbonyl (C=O) groups is 1. The van der Waals surface area contributed by atoms with Gasteiger partial charge in [0.2, 0.25) is 11.2 Å². The Morgan fingerprint density at radius 3 is 2.34 bits per heavy atom. The van der Waals surface area contributed by atoms with Crippen molar-refractivity contribution in [3.63, 3.8) is 0 Å². The predicted octanol–water partition coefficient (Wildman–Crippen LogP) is 9.19. The highest BCUT2D eigenvalue weighted by molar-refractivity contribution is 7.12. The van der Waals surface area contributed by atoms with Gasteiger partial charge in [-0.25, -0.2) is 9.59 Å². The van der Waals surface area contributed by atoms with E-state index in [2.05, 4.69) is 56.1 Å². The lowest BCUT2D eigenvalue weighted by molar-refractivity contribution is -0.170. The molecule has 4 aromatic heterocycles. The number of H-pyrrole nitrogens is 1. The number of nitrogens with zero attached hydrogens (tertiary/aromatic N) is 2. The van der Waals surface area contributed by atoms with E-state index in [1.807, 2.05) is 59.3 Å². The van der Waals surface area contributed by atoms with Gasteiger partial charge in [-0.3, -0.25) is 9.36 Å². The van der Waals surface area contributed by atoms with Gasteiger partial charge in [-0.15, -0.1) is 22.7 Å². The van der Waals surface area contributed by atoms with E-state index in [9.17, 15) is 24.6 Å². The number of carboxylic acids is 1. The van der Waals surface area contributed by atoms with Crippen LogP contribution in [0.5, 0.6) is 5.75 Å². The normalized spacial score (nSPS) is 17.1. The molecule has 0 spiro atoms. The molecule has 4 N–H and O–H groups in total. The average molecular weight is 887 g/mol. The zero-order valence-electron chi connectivity index (χ0n) is 35.9. The maximum absolute atomic E-state index is 13.0. The van der Waals surface area contributed by atoms with Crippen LogP contribution in [0.4, 0.5) is 0 Å². The van der Waals surface area contributed by atoms with Gasteiger partial charge in [-0.05, 0) is 129 Å². The lowest BCUT2D eigenvalue weighted by Gasteiger charge is -2.39. The van der Waals surface area contributed by atoms with Crippen molar-refractivity contribution in [2.24, 2.45) is 0 Å². The number of fused-ring (bicyclic) bond motifs is 2. The third-order valence-corrected chi connectivity index (χ3v) is 19.1. The zero-order valence-corrected chi connectivity index (χ0v) is 38.5. The van der Waals surface area contributed by atoms with Gasteiger partial charge >= 0.3 is 11.7 Å². The number of aromatic hydroxyl groups is 1. The smallest absolute Gasteiger partial charge is 0.419 e. The minimum absolute atomic E-state index is 0.0115. The minimum atomic E-state index is -2.24. The van der Waals surface area contributed by atoms with Crippen LogP contribution >= 0.6 is 22.7 Å². The molecule has 12 nitrogen and oxygen atoms in total. The fourth-order valence-electron chi connectivity index (χ4n) is 8.19. The first-order chi connectivity index (χ1) is 29.1. The summed E-state index contributed by atoms with van der Waals surface area (Å²) in [6, 6.07) is 20.4. The molecule has 0 bridgehead atoms. The molecule has 1 aliphatic carbocycles. The van der Waals surface area contributed by atoms with Crippen LogP contribution in [0, 0.1) is 0 Å². The highest BCUT2D eigenvalue weighted by atomic mass is 32.1. The number of oxazole rings is 1. The van der Waals surface area contributed by atoms with Crippen molar-refractivity contribution in [2.75, 3.05) is 20.1 Å². The summed E-state index contributed by atoms with van der Waals surface area (Å²) in [4.78, 5) is 44.6. The first-order valence-corrected chi connectivity index (χ1v) is 25.8. The number of thiophene rings is 2. The van der Waals surface area contributed by atoms with Gasteiger partial charge < -0.3 is 39.0 Å². The van der Waals surface area contributed by atoms with Crippen LogP contribution < -0.4 is 16.6 Å². The Hall–Kier alpha value is -4.35. The first-order valence-electron chi connectivity index (χ1n) is 21.1. The second-order valence-corrected chi connectivity index (χ2v) is 24.4. The lowest BCUT2D eigenvalue weighted by atomic mass is 9.90. The number of phenolic OH excluding ortho intramolecular Hbond substituents is 1. The molecule has 0 amide bonds. The van der Waals surface area contributed by atoms with Crippen molar-refractivity contribution >= 4 is 59.0 Å². The number of pyridine rings is 1. The van der Waals surface area contributed by atoms with E-state index in [4.69, 9.17) is 13.6 Å². The van der Waals surface area contributed by atoms with Gasteiger partial charge in [0.25, 0.3) is 0 Å². The molecule has 1 fully saturated rings. The largest absolute Gasteiger partial charge is 0.506 e. The summed E-state index contributed by atoms with van der Waals surface area (Å²) in [5.74, 6) is -1.33. The molecule has 1 aliphatic rings. The second-order valence-electron chi connectivity index (χ2n) is 17.8. The third kappa shape index (κ3) is 9.68. The predicted molar refractivity (Wildman–Crippen MR) is 245 cm³/mol. The number of aliphatic carboxylic acids is 1. The number of hydrogen-bond donors (Lipinski definition) is 4. The number of unbranched alkanes of at least 4 members (excludes halogenated alkanes) is 1. The number of carboxylic acid groups (broad SMARTS) is 1. The zero-order chi connectivity index (χ0) is 43.5. The number of benzene rings is 2. The van der Waals surface area contributed by atoms with Gasteiger partial charge in [-0.1, -0.05) is 45.0 Å². The fourth-order valence-corrected chi connectivity index (χ4v) is 11.3. The lowest BCUT2D eigenvalue weighted by Crippen LogP contribution is -2.44. The fraction of sp³-hybridized carbons (Fsp3) is 0.457. The number of rotatable bonds is 18. The summed E-state index contributed by atoms with van der Waals surface area (Å²) in [6.45, 7) is 13.4. The van der Waals surface area contributed by atoms with E-state index in [0.717, 1.165) is 67.1 Å². The Morgan fingerprint density at radius 1 is 1.00 bits per heavy atom. The SMILES string of the molecule is CN(CCCCn1c(=O)oc2cc(CNC[C@H](O[Si](C)(C)C(C)(C)C)c3ccc(O)c4[nH]c(=O)ccc34)ccc21)C1CCC(OC(C(=O)O)(c2cccs2)c2cccs2)CC1. The molecule has 326 valence electrons. The number of hydrogen-bond acceptors (Lipinski definition) is 11. The number of nitrogens with one attached hydrogen (secondary N) is 2. The molecule has 1 atom stereocenters. The van der Waals surface area contributed by atoms with Crippen molar-refractivity contribution in [1.82, 2.24) is 19.8 Å². The van der Waals surface area contributed by atoms with Gasteiger partial charge in [0.05, 0.1) is 33.0 Å². The molecule has 7 rings (SSSR count). The van der Waals surface area contributed by atoms with E-state index >= 15 is 0 Å². The summed E-state index contributed by atoms with van der Waals surface area (Å²) in [5, 5.41) is 29.1. The standard InChI is InChI=1S/C46H58N4O8S2Si/c1-45(2,3)61(5,6)58-38(33-18-21-36(51)42-34(33)19-22-41(52)48-42)29-47-28-30-13-20-35-37(27-30)56-44(55)50(35)24-8-7-23-49(4)31-14-16-32(17-15-31)57-46(43(53)54,39-11-9-25-59-39)40-12-10-26-60-40/h9-13,18-22,25-27,31-32,38,47,51H,7-8,14-17,23-24,28-29H2,1-6H3,(H,48,52)(H,53,54)/t31?,32?,38-/m0/s1. The number of aromatic nitrogens is 2. The van der Waals surface area contributed by atoms with Gasteiger partial charge in [-0.2, -0.15) is 0 Å². The third-order valence-electron chi connectivity index (χ3n) is 12.7. The van der Waals surface area contributed by atoms with Gasteiger partial charge in [0.15, 0.2) is 13.9 Å². The molecule has 0 unspecified atom stereocenters. The van der Waals surface area contributed by atoms with E-state index in [1.54, 1.807) is 16.7 Å². The van der Waals surface area contributed by atoms with E-state index < -0.39 is 19.9 Å². The van der Waals surface area contributed by atoms with Crippen LogP contribution in [0.3, 0.4) is 0 Å². The molecule has 1 saturated carbocycles. The first kappa shape index (κ1) is 44.7. The van der Waals surface area contributed by atoms with Crippen molar-refractivity contribution < 1.29 is 28.6 Å². The molecule has 2 aromatic carbocycles. The Balaban J connectivity index is 0.924. The highest BCUT2D eigenvalue weighted by Gasteiger charge is 2.48. The topological polar surface area (TPSA) is 159 Å². The Morgan fingerprint density at radius 2 is 1.70 bits per heavy atom. The molecule has 6 aromatic rings. The molecule has 4 heterocycles. The summed E-state index contributed by atoms with van der Waals surface area (Å²) in [6.07, 6.45) is 4.66. The van der Waals surface area contributed by atoms with E-state index in [0.29, 0.717) is 46.5 Å². The van der Waals surface area contributed by atoms with Gasteiger partial charge in [0, 0.05) is 37.1 Å². The van der Waals surface area contributed by atoms with Crippen LogP contribution in [-0.4, -0.2) is 71.2 Å². The van der Waals surface area contributed by atoms with E-state index in [1.165, 1.54) is 28.7 Å². The Kier molecular flexibility index (Phi) is 13.6. The summed E-state index contributed by atoms with van der Waals surface area (Å²) in [7, 11) is -0.0914. The van der Waals surface area contributed by atoms with Crippen LogP contribution in [0.1, 0.15) is 86.3 Å². The van der Waals surface area contributed by atoms with Crippen LogP contribution in [0.2, 0.25) is 18.1 Å². The van der Waals surface area contributed by atoms with Crippen LogP contribution in [0.15, 0.2) is 91.5 Å². The Labute approximate surface area is 365 Å². The maximum atomic E-state index is 13.0. The van der Waals surface area contributed by atoms with E-state index in [-0.39, 0.29) is 34.3 Å². The van der Waals surface area contributed by atoms with Crippen molar-refractivity contribution in [1.29, 1.82) is 0 Å². The Bertz CT molecular complexity index is 2500. The maximum Gasteiger partial charge on any atom is 0.419 e. The van der Waals surface area contributed by atoms with Crippen LogP contribution in [-0.2, 0) is 32.6 Å². The molecule has 0 aliphatic heterocycles. The summed E-state index contributed by atoms with van der Waals surface area (Å²) in [5.41, 5.74) is 1.79. The van der Waals surface area contributed by atoms with Crippen molar-refractivity contribution in [3.05, 3.63) is 119 Å².